The number of rotatable bonds is 4. The molecule has 1 fully saturated rings. The predicted octanol–water partition coefficient (Wildman–Crippen LogP) is 2.52. The summed E-state index contributed by atoms with van der Waals surface area (Å²) < 4.78 is 12.9. The second-order valence-corrected chi connectivity index (χ2v) is 6.75. The van der Waals surface area contributed by atoms with Crippen LogP contribution in [0.5, 0.6) is 0 Å². The number of hydrogen-bond acceptors (Lipinski definition) is 4. The van der Waals surface area contributed by atoms with Crippen LogP contribution in [0.2, 0.25) is 0 Å². The summed E-state index contributed by atoms with van der Waals surface area (Å²) in [4.78, 5) is 35.5. The van der Waals surface area contributed by atoms with Crippen LogP contribution in [0.4, 0.5) is 10.1 Å². The summed E-state index contributed by atoms with van der Waals surface area (Å²) >= 11 is 0. The van der Waals surface area contributed by atoms with Gasteiger partial charge in [-0.05, 0) is 49.9 Å². The van der Waals surface area contributed by atoms with Crippen LogP contribution in [-0.2, 0) is 11.2 Å². The molecule has 4 rings (SSSR count). The van der Waals surface area contributed by atoms with Gasteiger partial charge < -0.3 is 10.2 Å². The van der Waals surface area contributed by atoms with E-state index >= 15 is 0 Å². The highest BCUT2D eigenvalue weighted by molar-refractivity contribution is 6.00. The maximum atomic E-state index is 12.9. The summed E-state index contributed by atoms with van der Waals surface area (Å²) in [6.45, 7) is 0.435. The van der Waals surface area contributed by atoms with Crippen molar-refractivity contribution in [1.29, 1.82) is 0 Å². The van der Waals surface area contributed by atoms with Crippen molar-refractivity contribution in [2.75, 3.05) is 18.4 Å². The third-order valence-corrected chi connectivity index (χ3v) is 4.65. The lowest BCUT2D eigenvalue weighted by Crippen LogP contribution is -2.38. The largest absolute Gasteiger partial charge is 0.329 e. The molecule has 1 aliphatic carbocycles. The third-order valence-electron chi connectivity index (χ3n) is 4.65. The first-order valence-corrected chi connectivity index (χ1v) is 8.80. The van der Waals surface area contributed by atoms with Gasteiger partial charge in [0.25, 0.3) is 5.91 Å². The molecule has 1 aliphatic heterocycles. The molecule has 2 aromatic rings. The van der Waals surface area contributed by atoms with Crippen LogP contribution in [0, 0.1) is 5.82 Å². The van der Waals surface area contributed by atoms with Crippen LogP contribution in [-0.4, -0.2) is 39.8 Å². The Morgan fingerprint density at radius 2 is 2.04 bits per heavy atom. The van der Waals surface area contributed by atoms with E-state index in [2.05, 4.69) is 15.3 Å². The van der Waals surface area contributed by atoms with Crippen molar-refractivity contribution in [2.24, 2.45) is 0 Å². The monoisotopic (exact) mass is 354 g/mol. The Morgan fingerprint density at radius 3 is 2.77 bits per heavy atom. The number of carbonyl (C=O) groups is 2. The number of anilines is 1. The first-order chi connectivity index (χ1) is 12.6. The Morgan fingerprint density at radius 1 is 1.27 bits per heavy atom. The number of halogens is 1. The highest BCUT2D eigenvalue weighted by Crippen LogP contribution is 2.38. The molecule has 0 bridgehead atoms. The second kappa shape index (κ2) is 6.82. The zero-order valence-corrected chi connectivity index (χ0v) is 14.2. The zero-order chi connectivity index (χ0) is 18.1. The molecule has 0 radical (unpaired) electrons. The van der Waals surface area contributed by atoms with Gasteiger partial charge in [-0.1, -0.05) is 0 Å². The van der Waals surface area contributed by atoms with E-state index in [0.29, 0.717) is 30.1 Å². The highest BCUT2D eigenvalue weighted by atomic mass is 19.1. The summed E-state index contributed by atoms with van der Waals surface area (Å²) in [5, 5.41) is 2.68. The van der Waals surface area contributed by atoms with Crippen molar-refractivity contribution in [1.82, 2.24) is 14.9 Å². The molecule has 0 atom stereocenters. The normalized spacial score (nSPS) is 16.8. The van der Waals surface area contributed by atoms with Crippen LogP contribution >= 0.6 is 0 Å². The lowest BCUT2D eigenvalue weighted by Gasteiger charge is -2.20. The predicted molar refractivity (Wildman–Crippen MR) is 93.3 cm³/mol. The van der Waals surface area contributed by atoms with Crippen molar-refractivity contribution in [3.05, 3.63) is 53.4 Å². The van der Waals surface area contributed by atoms with Crippen LogP contribution in [0.15, 0.2) is 30.5 Å². The molecule has 7 heteroatoms. The van der Waals surface area contributed by atoms with Gasteiger partial charge in [-0.2, -0.15) is 0 Å². The number of aromatic nitrogens is 2. The fourth-order valence-corrected chi connectivity index (χ4v) is 3.11. The molecule has 0 unspecified atom stereocenters. The molecule has 0 spiro atoms. The lowest BCUT2D eigenvalue weighted by molar-refractivity contribution is -0.116. The van der Waals surface area contributed by atoms with Crippen molar-refractivity contribution >= 4 is 17.5 Å². The second-order valence-electron chi connectivity index (χ2n) is 6.75. The summed E-state index contributed by atoms with van der Waals surface area (Å²) in [5.41, 5.74) is 1.77. The highest BCUT2D eigenvalue weighted by Gasteiger charge is 2.30. The van der Waals surface area contributed by atoms with E-state index in [1.54, 1.807) is 6.20 Å². The number of fused-ring (bicyclic) bond motifs is 1. The summed E-state index contributed by atoms with van der Waals surface area (Å²) in [6, 6.07) is 5.52. The van der Waals surface area contributed by atoms with E-state index in [4.69, 9.17) is 0 Å². The molecule has 1 N–H and O–H groups in total. The Labute approximate surface area is 150 Å². The van der Waals surface area contributed by atoms with Crippen LogP contribution < -0.4 is 5.32 Å². The van der Waals surface area contributed by atoms with Gasteiger partial charge in [0.1, 0.15) is 18.2 Å². The number of nitrogens with one attached hydrogen (secondary N) is 1. The average molecular weight is 354 g/mol. The average Bonchev–Trinajstić information content (AvgIpc) is 3.47. The number of benzene rings is 1. The van der Waals surface area contributed by atoms with E-state index in [1.165, 1.54) is 29.2 Å². The summed E-state index contributed by atoms with van der Waals surface area (Å²) in [7, 11) is 0. The molecular formula is C19H19FN4O2. The van der Waals surface area contributed by atoms with E-state index in [0.717, 1.165) is 30.8 Å². The Kier molecular flexibility index (Phi) is 4.36. The SMILES string of the molecule is O=C(CN1CCCc2nc(C3CC3)ncc2C1=O)Nc1ccc(F)cc1. The molecule has 2 aliphatic rings. The number of nitrogens with zero attached hydrogens (tertiary/aromatic N) is 3. The first kappa shape index (κ1) is 16.6. The van der Waals surface area contributed by atoms with Crippen molar-refractivity contribution in [3.8, 4) is 0 Å². The van der Waals surface area contributed by atoms with Gasteiger partial charge in [0.05, 0.1) is 11.3 Å². The minimum absolute atomic E-state index is 0.0555. The van der Waals surface area contributed by atoms with Gasteiger partial charge in [0.15, 0.2) is 0 Å². The minimum Gasteiger partial charge on any atom is -0.329 e. The van der Waals surface area contributed by atoms with Crippen LogP contribution in [0.25, 0.3) is 0 Å². The minimum atomic E-state index is -0.368. The van der Waals surface area contributed by atoms with Gasteiger partial charge in [-0.3, -0.25) is 9.59 Å². The Bertz CT molecular complexity index is 849. The molecule has 134 valence electrons. The van der Waals surface area contributed by atoms with Gasteiger partial charge in [0.2, 0.25) is 5.91 Å². The number of carbonyl (C=O) groups excluding carboxylic acids is 2. The van der Waals surface area contributed by atoms with Crippen LogP contribution in [0.1, 0.15) is 47.1 Å². The zero-order valence-electron chi connectivity index (χ0n) is 14.2. The molecule has 1 aromatic carbocycles. The van der Waals surface area contributed by atoms with Crippen LogP contribution in [0.3, 0.4) is 0 Å². The molecule has 2 heterocycles. The van der Waals surface area contributed by atoms with Crippen molar-refractivity contribution in [3.63, 3.8) is 0 Å². The quantitative estimate of drug-likeness (QED) is 0.915. The van der Waals surface area contributed by atoms with Crippen molar-refractivity contribution < 1.29 is 14.0 Å². The fourth-order valence-electron chi connectivity index (χ4n) is 3.11. The summed E-state index contributed by atoms with van der Waals surface area (Å²) in [6.07, 6.45) is 5.29. The maximum absolute atomic E-state index is 12.9. The van der Waals surface area contributed by atoms with Gasteiger partial charge in [0, 0.05) is 24.3 Å². The number of amides is 2. The molecule has 1 saturated carbocycles. The first-order valence-electron chi connectivity index (χ1n) is 8.80. The summed E-state index contributed by atoms with van der Waals surface area (Å²) in [5.74, 6) is 0.376. The molecule has 0 saturated heterocycles. The van der Waals surface area contributed by atoms with E-state index in [1.807, 2.05) is 0 Å². The van der Waals surface area contributed by atoms with Gasteiger partial charge in [-0.25, -0.2) is 14.4 Å². The van der Waals surface area contributed by atoms with Gasteiger partial charge in [-0.15, -0.1) is 0 Å². The Balaban J connectivity index is 1.45. The van der Waals surface area contributed by atoms with E-state index < -0.39 is 0 Å². The van der Waals surface area contributed by atoms with E-state index in [9.17, 15) is 14.0 Å². The molecular weight excluding hydrogens is 335 g/mol. The number of aryl methyl sites for hydroxylation is 1. The molecule has 1 aromatic heterocycles. The van der Waals surface area contributed by atoms with Crippen molar-refractivity contribution in [2.45, 2.75) is 31.6 Å². The Hall–Kier alpha value is -2.83. The topological polar surface area (TPSA) is 75.2 Å². The maximum Gasteiger partial charge on any atom is 0.257 e. The molecule has 2 amide bonds. The smallest absolute Gasteiger partial charge is 0.257 e. The third kappa shape index (κ3) is 3.56. The lowest BCUT2D eigenvalue weighted by atomic mass is 10.1. The number of hydrogen-bond donors (Lipinski definition) is 1. The molecule has 26 heavy (non-hydrogen) atoms. The standard InChI is InChI=1S/C19H19FN4O2/c20-13-5-7-14(8-6-13)22-17(25)11-24-9-1-2-16-15(19(24)26)10-21-18(23-16)12-3-4-12/h5-8,10,12H,1-4,9,11H2,(H,22,25). The van der Waals surface area contributed by atoms with E-state index in [-0.39, 0.29) is 24.2 Å². The fraction of sp³-hybridized carbons (Fsp3) is 0.368. The van der Waals surface area contributed by atoms with Gasteiger partial charge >= 0.3 is 0 Å². The molecule has 6 nitrogen and oxygen atoms in total.